The molecule has 1 aliphatic heterocycles. The Hall–Kier alpha value is -0.560. The van der Waals surface area contributed by atoms with E-state index < -0.39 is 11.9 Å². The Morgan fingerprint density at radius 1 is 1.16 bits per heavy atom. The zero-order chi connectivity index (χ0) is 14.6. The van der Waals surface area contributed by atoms with E-state index in [2.05, 4.69) is 39.5 Å². The SMILES string of the molecule is CCC[C@@H]1OC(C)(C)O[C@@H]1C(O)C#C[C@@H](C)C(C)C. The zero-order valence-electron chi connectivity index (χ0n) is 13.1. The van der Waals surface area contributed by atoms with Crippen molar-refractivity contribution in [3.05, 3.63) is 0 Å². The summed E-state index contributed by atoms with van der Waals surface area (Å²) in [4.78, 5) is 0. The predicted molar refractivity (Wildman–Crippen MR) is 76.5 cm³/mol. The molecule has 1 heterocycles. The first kappa shape index (κ1) is 16.5. The Morgan fingerprint density at radius 2 is 1.79 bits per heavy atom. The lowest BCUT2D eigenvalue weighted by atomic mass is 9.97. The zero-order valence-corrected chi connectivity index (χ0v) is 13.1. The van der Waals surface area contributed by atoms with E-state index in [0.717, 1.165) is 12.8 Å². The Balaban J connectivity index is 2.71. The quantitative estimate of drug-likeness (QED) is 0.797. The molecular formula is C16H28O3. The van der Waals surface area contributed by atoms with Crippen molar-refractivity contribution in [3.8, 4) is 11.8 Å². The van der Waals surface area contributed by atoms with Crippen LogP contribution < -0.4 is 0 Å². The van der Waals surface area contributed by atoms with Crippen LogP contribution in [0.4, 0.5) is 0 Å². The number of rotatable bonds is 4. The average molecular weight is 268 g/mol. The second kappa shape index (κ2) is 6.74. The van der Waals surface area contributed by atoms with Crippen LogP contribution in [0.15, 0.2) is 0 Å². The number of hydrogen-bond acceptors (Lipinski definition) is 3. The summed E-state index contributed by atoms with van der Waals surface area (Å²) in [6, 6.07) is 0. The molecular weight excluding hydrogens is 240 g/mol. The van der Waals surface area contributed by atoms with Crippen molar-refractivity contribution < 1.29 is 14.6 Å². The van der Waals surface area contributed by atoms with Gasteiger partial charge in [0.25, 0.3) is 0 Å². The molecule has 0 aromatic heterocycles. The molecule has 1 fully saturated rings. The largest absolute Gasteiger partial charge is 0.378 e. The molecule has 0 aromatic rings. The lowest BCUT2D eigenvalue weighted by molar-refractivity contribution is -0.152. The van der Waals surface area contributed by atoms with Crippen LogP contribution in [-0.4, -0.2) is 29.2 Å². The van der Waals surface area contributed by atoms with Crippen molar-refractivity contribution in [2.75, 3.05) is 0 Å². The number of ether oxygens (including phenoxy) is 2. The summed E-state index contributed by atoms with van der Waals surface area (Å²) in [7, 11) is 0. The van der Waals surface area contributed by atoms with Crippen molar-refractivity contribution in [1.82, 2.24) is 0 Å². The molecule has 1 unspecified atom stereocenters. The fourth-order valence-electron chi connectivity index (χ4n) is 2.10. The maximum Gasteiger partial charge on any atom is 0.163 e. The molecule has 3 heteroatoms. The second-order valence-electron chi connectivity index (χ2n) is 6.19. The number of hydrogen-bond donors (Lipinski definition) is 1. The van der Waals surface area contributed by atoms with E-state index in [1.807, 2.05) is 13.8 Å². The van der Waals surface area contributed by atoms with Crippen LogP contribution in [0.25, 0.3) is 0 Å². The van der Waals surface area contributed by atoms with Gasteiger partial charge >= 0.3 is 0 Å². The van der Waals surface area contributed by atoms with Crippen LogP contribution in [0.5, 0.6) is 0 Å². The monoisotopic (exact) mass is 268 g/mol. The van der Waals surface area contributed by atoms with E-state index in [-0.39, 0.29) is 18.1 Å². The number of aliphatic hydroxyl groups excluding tert-OH is 1. The summed E-state index contributed by atoms with van der Waals surface area (Å²) in [5, 5.41) is 10.2. The minimum absolute atomic E-state index is 0.0707. The third kappa shape index (κ3) is 4.80. The maximum atomic E-state index is 10.2. The van der Waals surface area contributed by atoms with Gasteiger partial charge in [-0.05, 0) is 26.2 Å². The van der Waals surface area contributed by atoms with E-state index in [0.29, 0.717) is 5.92 Å². The van der Waals surface area contributed by atoms with Gasteiger partial charge in [-0.2, -0.15) is 0 Å². The Bertz CT molecular complexity index is 338. The topological polar surface area (TPSA) is 38.7 Å². The smallest absolute Gasteiger partial charge is 0.163 e. The highest BCUT2D eigenvalue weighted by atomic mass is 16.8. The second-order valence-corrected chi connectivity index (χ2v) is 6.19. The first-order valence-corrected chi connectivity index (χ1v) is 7.31. The summed E-state index contributed by atoms with van der Waals surface area (Å²) in [5.41, 5.74) is 0. The summed E-state index contributed by atoms with van der Waals surface area (Å²) < 4.78 is 11.6. The highest BCUT2D eigenvalue weighted by molar-refractivity contribution is 5.11. The van der Waals surface area contributed by atoms with E-state index in [1.165, 1.54) is 0 Å². The van der Waals surface area contributed by atoms with Crippen LogP contribution in [0.1, 0.15) is 54.4 Å². The fourth-order valence-corrected chi connectivity index (χ4v) is 2.10. The number of aliphatic hydroxyl groups is 1. The highest BCUT2D eigenvalue weighted by Gasteiger charge is 2.43. The van der Waals surface area contributed by atoms with Gasteiger partial charge in [0.15, 0.2) is 5.79 Å². The normalized spacial score (nSPS) is 28.8. The maximum absolute atomic E-state index is 10.2. The van der Waals surface area contributed by atoms with Crippen molar-refractivity contribution in [1.29, 1.82) is 0 Å². The minimum Gasteiger partial charge on any atom is -0.378 e. The molecule has 19 heavy (non-hydrogen) atoms. The molecule has 0 radical (unpaired) electrons. The van der Waals surface area contributed by atoms with E-state index >= 15 is 0 Å². The molecule has 0 spiro atoms. The fraction of sp³-hybridized carbons (Fsp3) is 0.875. The summed E-state index contributed by atoms with van der Waals surface area (Å²) in [6.45, 7) is 12.2. The molecule has 3 nitrogen and oxygen atoms in total. The summed E-state index contributed by atoms with van der Waals surface area (Å²) >= 11 is 0. The van der Waals surface area contributed by atoms with Crippen LogP contribution in [0, 0.1) is 23.7 Å². The van der Waals surface area contributed by atoms with Gasteiger partial charge in [0.1, 0.15) is 12.2 Å². The Kier molecular flexibility index (Phi) is 5.85. The van der Waals surface area contributed by atoms with Crippen molar-refractivity contribution in [3.63, 3.8) is 0 Å². The van der Waals surface area contributed by atoms with Crippen LogP contribution in [0.2, 0.25) is 0 Å². The van der Waals surface area contributed by atoms with E-state index in [1.54, 1.807) is 0 Å². The van der Waals surface area contributed by atoms with Gasteiger partial charge in [-0.15, -0.1) is 0 Å². The van der Waals surface area contributed by atoms with E-state index in [9.17, 15) is 5.11 Å². The molecule has 110 valence electrons. The third-order valence-corrected chi connectivity index (χ3v) is 3.56. The molecule has 0 bridgehead atoms. The molecule has 1 rings (SSSR count). The minimum atomic E-state index is -0.778. The van der Waals surface area contributed by atoms with Crippen LogP contribution in [-0.2, 0) is 9.47 Å². The van der Waals surface area contributed by atoms with Crippen LogP contribution >= 0.6 is 0 Å². The van der Waals surface area contributed by atoms with Gasteiger partial charge in [0.05, 0.1) is 6.10 Å². The Morgan fingerprint density at radius 3 is 2.32 bits per heavy atom. The van der Waals surface area contributed by atoms with Crippen LogP contribution in [0.3, 0.4) is 0 Å². The van der Waals surface area contributed by atoms with Gasteiger partial charge in [0.2, 0.25) is 0 Å². The first-order chi connectivity index (χ1) is 8.76. The van der Waals surface area contributed by atoms with Gasteiger partial charge in [-0.1, -0.05) is 46.0 Å². The van der Waals surface area contributed by atoms with Gasteiger partial charge in [-0.25, -0.2) is 0 Å². The van der Waals surface area contributed by atoms with Gasteiger partial charge < -0.3 is 14.6 Å². The molecule has 1 N–H and O–H groups in total. The molecule has 4 atom stereocenters. The third-order valence-electron chi connectivity index (χ3n) is 3.56. The Labute approximate surface area is 117 Å². The molecule has 0 amide bonds. The van der Waals surface area contributed by atoms with Crippen molar-refractivity contribution in [2.45, 2.75) is 78.5 Å². The summed E-state index contributed by atoms with van der Waals surface area (Å²) in [6.07, 6.45) is 0.690. The molecule has 1 aliphatic rings. The van der Waals surface area contributed by atoms with Gasteiger partial charge in [-0.3, -0.25) is 0 Å². The summed E-state index contributed by atoms with van der Waals surface area (Å²) in [5.74, 6) is 6.18. The molecule has 0 saturated carbocycles. The average Bonchev–Trinajstić information content (AvgIpc) is 2.61. The highest BCUT2D eigenvalue weighted by Crippen LogP contribution is 2.32. The molecule has 0 aliphatic carbocycles. The lowest BCUT2D eigenvalue weighted by Crippen LogP contribution is -2.34. The predicted octanol–water partition coefficient (Wildman–Crippen LogP) is 2.96. The van der Waals surface area contributed by atoms with Crippen molar-refractivity contribution in [2.24, 2.45) is 11.8 Å². The standard InChI is InChI=1S/C16H28O3/c1-7-8-14-15(19-16(5,6)18-14)13(17)10-9-12(4)11(2)3/h11-15,17H,7-8H2,1-6H3/t12-,13?,14+,15-/m1/s1. The first-order valence-electron chi connectivity index (χ1n) is 7.31. The van der Waals surface area contributed by atoms with Crippen molar-refractivity contribution >= 4 is 0 Å². The van der Waals surface area contributed by atoms with E-state index in [4.69, 9.17) is 9.47 Å². The van der Waals surface area contributed by atoms with Gasteiger partial charge in [0, 0.05) is 5.92 Å². The molecule has 0 aromatic carbocycles. The lowest BCUT2D eigenvalue weighted by Gasteiger charge is -2.18. The molecule has 1 saturated heterocycles.